The zero-order chi connectivity index (χ0) is 25.1. The Morgan fingerprint density at radius 3 is 2.26 bits per heavy atom. The summed E-state index contributed by atoms with van der Waals surface area (Å²) in [6.45, 7) is 2.67. The molecule has 1 saturated heterocycles. The van der Waals surface area contributed by atoms with Crippen LogP contribution in [-0.2, 0) is 14.3 Å². The summed E-state index contributed by atoms with van der Waals surface area (Å²) in [5.41, 5.74) is 4.52. The van der Waals surface area contributed by atoms with E-state index in [-0.39, 0.29) is 25.0 Å². The summed E-state index contributed by atoms with van der Waals surface area (Å²) < 4.78 is 5.64. The third kappa shape index (κ3) is 5.17. The lowest BCUT2D eigenvalue weighted by Crippen LogP contribution is -2.58. The number of nitrogens with one attached hydrogen (secondary N) is 1. The summed E-state index contributed by atoms with van der Waals surface area (Å²) in [4.78, 5) is 41.2. The number of hydrogen-bond acceptors (Lipinski definition) is 5. The molecule has 2 amide bonds. The second-order valence-electron chi connectivity index (χ2n) is 9.64. The molecule has 0 bridgehead atoms. The molecule has 0 spiro atoms. The zero-order valence-electron chi connectivity index (χ0n) is 20.4. The van der Waals surface area contributed by atoms with Crippen molar-refractivity contribution < 1.29 is 24.2 Å². The molecule has 35 heavy (non-hydrogen) atoms. The fraction of sp³-hybridized carbons (Fsp3) is 0.444. The molecule has 1 fully saturated rings. The summed E-state index contributed by atoms with van der Waals surface area (Å²) in [7, 11) is 3.64. The van der Waals surface area contributed by atoms with Crippen molar-refractivity contribution in [2.45, 2.75) is 37.8 Å². The van der Waals surface area contributed by atoms with Crippen LogP contribution in [0.1, 0.15) is 36.8 Å². The smallest absolute Gasteiger partial charge is 0.407 e. The van der Waals surface area contributed by atoms with Crippen molar-refractivity contribution in [1.29, 1.82) is 0 Å². The molecule has 0 saturated carbocycles. The Kier molecular flexibility index (Phi) is 7.40. The number of piperidine rings is 1. The first-order valence-electron chi connectivity index (χ1n) is 12.1. The highest BCUT2D eigenvalue weighted by molar-refractivity contribution is 5.87. The van der Waals surface area contributed by atoms with Crippen molar-refractivity contribution in [3.8, 4) is 11.1 Å². The normalized spacial score (nSPS) is 20.2. The highest BCUT2D eigenvalue weighted by Crippen LogP contribution is 2.44. The van der Waals surface area contributed by atoms with Crippen LogP contribution in [0.25, 0.3) is 11.1 Å². The van der Waals surface area contributed by atoms with E-state index in [0.717, 1.165) is 22.3 Å². The van der Waals surface area contributed by atoms with Crippen LogP contribution in [0.15, 0.2) is 48.5 Å². The zero-order valence-corrected chi connectivity index (χ0v) is 20.4. The minimum atomic E-state index is -0.899. The van der Waals surface area contributed by atoms with Crippen molar-refractivity contribution in [2.24, 2.45) is 5.92 Å². The van der Waals surface area contributed by atoms with E-state index in [1.165, 1.54) is 0 Å². The number of alkyl carbamates (subject to hydrolysis) is 1. The van der Waals surface area contributed by atoms with Gasteiger partial charge in [0.15, 0.2) is 0 Å². The molecule has 4 rings (SSSR count). The number of carbonyl (C=O) groups excluding carboxylic acids is 2. The van der Waals surface area contributed by atoms with Gasteiger partial charge in [-0.05, 0) is 56.1 Å². The Balaban J connectivity index is 1.44. The van der Waals surface area contributed by atoms with Gasteiger partial charge in [0.25, 0.3) is 0 Å². The van der Waals surface area contributed by atoms with Crippen LogP contribution in [0.4, 0.5) is 4.79 Å². The topological polar surface area (TPSA) is 99.2 Å². The van der Waals surface area contributed by atoms with Crippen molar-refractivity contribution >= 4 is 18.0 Å². The van der Waals surface area contributed by atoms with Gasteiger partial charge in [0.05, 0.1) is 5.92 Å². The van der Waals surface area contributed by atoms with E-state index in [9.17, 15) is 19.5 Å². The van der Waals surface area contributed by atoms with Gasteiger partial charge in [0, 0.05) is 25.0 Å². The summed E-state index contributed by atoms with van der Waals surface area (Å²) in [5, 5.41) is 12.3. The third-order valence-corrected chi connectivity index (χ3v) is 7.07. The monoisotopic (exact) mass is 479 g/mol. The number of amides is 2. The standard InChI is InChI=1S/C27H33N3O5/c1-17-18(26(32)33)13-8-14-30(17)25(31)24(15-29(2)3)28-27(34)35-16-23-21-11-6-4-9-19(21)20-10-5-7-12-22(20)23/h4-7,9-12,17-18,23-24H,8,13-16H2,1-3H3,(H,28,34)(H,32,33)/t17-,18-,24?/m0/s1. The number of nitrogens with zero attached hydrogens (tertiary/aromatic N) is 2. The number of aliphatic carboxylic acids is 1. The molecule has 186 valence electrons. The maximum atomic E-state index is 13.4. The van der Waals surface area contributed by atoms with Gasteiger partial charge >= 0.3 is 12.1 Å². The number of benzene rings is 2. The van der Waals surface area contributed by atoms with E-state index in [0.29, 0.717) is 19.4 Å². The van der Waals surface area contributed by atoms with Crippen LogP contribution in [0, 0.1) is 5.92 Å². The molecule has 1 unspecified atom stereocenters. The number of carbonyl (C=O) groups is 3. The molecule has 8 nitrogen and oxygen atoms in total. The first-order chi connectivity index (χ1) is 16.8. The summed E-state index contributed by atoms with van der Waals surface area (Å²) in [5.74, 6) is -1.87. The Morgan fingerprint density at radius 1 is 1.09 bits per heavy atom. The number of ether oxygens (including phenoxy) is 1. The van der Waals surface area contributed by atoms with Crippen molar-refractivity contribution in [1.82, 2.24) is 15.1 Å². The second-order valence-corrected chi connectivity index (χ2v) is 9.64. The quantitative estimate of drug-likeness (QED) is 0.633. The number of rotatable bonds is 7. The van der Waals surface area contributed by atoms with Gasteiger partial charge in [-0.2, -0.15) is 0 Å². The van der Waals surface area contributed by atoms with Gasteiger partial charge in [-0.1, -0.05) is 48.5 Å². The Bertz CT molecular complexity index is 1060. The number of hydrogen-bond donors (Lipinski definition) is 2. The molecule has 2 aliphatic rings. The van der Waals surface area contributed by atoms with Crippen LogP contribution in [-0.4, -0.2) is 78.8 Å². The highest BCUT2D eigenvalue weighted by Gasteiger charge is 2.38. The van der Waals surface area contributed by atoms with Crippen LogP contribution in [0.5, 0.6) is 0 Å². The maximum absolute atomic E-state index is 13.4. The average molecular weight is 480 g/mol. The van der Waals surface area contributed by atoms with Crippen LogP contribution >= 0.6 is 0 Å². The van der Waals surface area contributed by atoms with Crippen LogP contribution < -0.4 is 5.32 Å². The number of carboxylic acids is 1. The molecule has 1 aliphatic heterocycles. The molecule has 1 aliphatic carbocycles. The van der Waals surface area contributed by atoms with E-state index >= 15 is 0 Å². The van der Waals surface area contributed by atoms with Gasteiger partial charge in [-0.15, -0.1) is 0 Å². The first-order valence-corrected chi connectivity index (χ1v) is 12.1. The van der Waals surface area contributed by atoms with E-state index in [1.54, 1.807) is 11.8 Å². The maximum Gasteiger partial charge on any atom is 0.407 e. The average Bonchev–Trinajstić information content (AvgIpc) is 3.15. The lowest BCUT2D eigenvalue weighted by Gasteiger charge is -2.39. The molecule has 8 heteroatoms. The van der Waals surface area contributed by atoms with E-state index in [1.807, 2.05) is 43.3 Å². The molecule has 0 radical (unpaired) electrons. The lowest BCUT2D eigenvalue weighted by molar-refractivity contribution is -0.149. The predicted molar refractivity (Wildman–Crippen MR) is 132 cm³/mol. The molecule has 2 N–H and O–H groups in total. The molecular weight excluding hydrogens is 446 g/mol. The minimum absolute atomic E-state index is 0.0745. The number of likely N-dealkylation sites (tertiary alicyclic amines) is 1. The molecule has 0 aromatic heterocycles. The SMILES string of the molecule is C[C@H]1[C@@H](C(=O)O)CCCN1C(=O)C(CN(C)C)NC(=O)OCC1c2ccccc2-c2ccccc21. The van der Waals surface area contributed by atoms with Crippen LogP contribution in [0.2, 0.25) is 0 Å². The summed E-state index contributed by atoms with van der Waals surface area (Å²) in [6.07, 6.45) is 0.497. The molecule has 2 aromatic carbocycles. The Hall–Kier alpha value is -3.39. The minimum Gasteiger partial charge on any atom is -0.481 e. The van der Waals surface area contributed by atoms with E-state index in [4.69, 9.17) is 4.74 Å². The fourth-order valence-electron chi connectivity index (χ4n) is 5.32. The van der Waals surface area contributed by atoms with Crippen molar-refractivity contribution in [2.75, 3.05) is 33.8 Å². The van der Waals surface area contributed by atoms with Gasteiger partial charge < -0.3 is 25.0 Å². The predicted octanol–water partition coefficient (Wildman–Crippen LogP) is 3.17. The van der Waals surface area contributed by atoms with Crippen molar-refractivity contribution in [3.63, 3.8) is 0 Å². The first kappa shape index (κ1) is 24.7. The summed E-state index contributed by atoms with van der Waals surface area (Å²) in [6, 6.07) is 14.9. The largest absolute Gasteiger partial charge is 0.481 e. The number of fused-ring (bicyclic) bond motifs is 3. The molecule has 2 aromatic rings. The molecule has 3 atom stereocenters. The summed E-state index contributed by atoms with van der Waals surface area (Å²) >= 11 is 0. The third-order valence-electron chi connectivity index (χ3n) is 7.07. The second kappa shape index (κ2) is 10.5. The highest BCUT2D eigenvalue weighted by atomic mass is 16.5. The van der Waals surface area contributed by atoms with E-state index < -0.39 is 30.1 Å². The van der Waals surface area contributed by atoms with Gasteiger partial charge in [0.1, 0.15) is 12.6 Å². The number of likely N-dealkylation sites (N-methyl/N-ethyl adjacent to an activating group) is 1. The van der Waals surface area contributed by atoms with Crippen molar-refractivity contribution in [3.05, 3.63) is 59.7 Å². The Labute approximate surface area is 205 Å². The molecule has 1 heterocycles. The van der Waals surface area contributed by atoms with Gasteiger partial charge in [-0.3, -0.25) is 9.59 Å². The van der Waals surface area contributed by atoms with Crippen LogP contribution in [0.3, 0.4) is 0 Å². The van der Waals surface area contributed by atoms with E-state index in [2.05, 4.69) is 29.6 Å². The Morgan fingerprint density at radius 2 is 1.69 bits per heavy atom. The molecular formula is C27H33N3O5. The number of carboxylic acid groups (broad SMARTS) is 1. The fourth-order valence-corrected chi connectivity index (χ4v) is 5.32. The van der Waals surface area contributed by atoms with Gasteiger partial charge in [-0.25, -0.2) is 4.79 Å². The lowest BCUT2D eigenvalue weighted by atomic mass is 9.90. The van der Waals surface area contributed by atoms with Gasteiger partial charge in [0.2, 0.25) is 5.91 Å².